The lowest BCUT2D eigenvalue weighted by Crippen LogP contribution is -2.38. The molecule has 0 fully saturated rings. The number of hydrogen-bond donors (Lipinski definition) is 0. The van der Waals surface area contributed by atoms with E-state index in [0.29, 0.717) is 5.91 Å². The average molecular weight is 293 g/mol. The molecule has 0 spiro atoms. The zero-order valence-electron chi connectivity index (χ0n) is 13.3. The summed E-state index contributed by atoms with van der Waals surface area (Å²) in [6, 6.07) is 0. The van der Waals surface area contributed by atoms with Crippen molar-refractivity contribution < 1.29 is 4.79 Å². The third-order valence-electron chi connectivity index (χ3n) is 4.24. The van der Waals surface area contributed by atoms with Crippen LogP contribution in [0.5, 0.6) is 0 Å². The topological polar surface area (TPSA) is 63.9 Å². The van der Waals surface area contributed by atoms with E-state index in [2.05, 4.69) is 34.3 Å². The molecule has 6 nitrogen and oxygen atoms in total. The van der Waals surface area contributed by atoms with E-state index >= 15 is 0 Å². The summed E-state index contributed by atoms with van der Waals surface area (Å²) in [5, 5.41) is 11.7. The fraction of sp³-hybridized carbons (Fsp3) is 0.867. The van der Waals surface area contributed by atoms with Gasteiger partial charge in [0.25, 0.3) is 0 Å². The Bertz CT molecular complexity index is 415. The minimum atomic E-state index is 0.113. The molecular weight excluding hydrogens is 266 g/mol. The van der Waals surface area contributed by atoms with Gasteiger partial charge in [0, 0.05) is 32.0 Å². The molecule has 0 saturated carbocycles. The van der Waals surface area contributed by atoms with Gasteiger partial charge in [-0.25, -0.2) is 4.68 Å². The molecule has 2 rings (SSSR count). The van der Waals surface area contributed by atoms with Crippen molar-refractivity contribution in [3.05, 3.63) is 5.82 Å². The highest BCUT2D eigenvalue weighted by Gasteiger charge is 2.27. The fourth-order valence-corrected chi connectivity index (χ4v) is 2.84. The standard InChI is InChI=1S/C15H27N5O/c1-3-5-10-19(11-6-4-2)15(21)13-7-8-14-16-17-18-20(14)12-9-13/h13H,3-12H2,1-2H3/t13-/m1/s1. The fourth-order valence-electron chi connectivity index (χ4n) is 2.84. The third kappa shape index (κ3) is 4.25. The number of fused-ring (bicyclic) bond motifs is 1. The first-order chi connectivity index (χ1) is 10.3. The van der Waals surface area contributed by atoms with Gasteiger partial charge in [-0.3, -0.25) is 4.79 Å². The van der Waals surface area contributed by atoms with Gasteiger partial charge in [-0.05, 0) is 36.1 Å². The van der Waals surface area contributed by atoms with Gasteiger partial charge in [0.05, 0.1) is 0 Å². The second-order valence-electron chi connectivity index (χ2n) is 5.87. The molecule has 0 unspecified atom stereocenters. The molecule has 6 heteroatoms. The van der Waals surface area contributed by atoms with E-state index in [0.717, 1.165) is 70.4 Å². The van der Waals surface area contributed by atoms with E-state index in [1.165, 1.54) is 0 Å². The van der Waals surface area contributed by atoms with Crippen molar-refractivity contribution in [2.75, 3.05) is 13.1 Å². The number of hydrogen-bond acceptors (Lipinski definition) is 4. The van der Waals surface area contributed by atoms with Crippen molar-refractivity contribution in [2.45, 2.75) is 65.3 Å². The molecule has 1 aliphatic heterocycles. The number of nitrogens with zero attached hydrogens (tertiary/aromatic N) is 5. The molecule has 21 heavy (non-hydrogen) atoms. The van der Waals surface area contributed by atoms with E-state index in [1.54, 1.807) is 0 Å². The second-order valence-corrected chi connectivity index (χ2v) is 5.87. The van der Waals surface area contributed by atoms with Crippen LogP contribution >= 0.6 is 0 Å². The number of aromatic nitrogens is 4. The van der Waals surface area contributed by atoms with Crippen LogP contribution in [0.4, 0.5) is 0 Å². The Hall–Kier alpha value is -1.46. The molecule has 118 valence electrons. The zero-order chi connectivity index (χ0) is 15.1. The van der Waals surface area contributed by atoms with Crippen LogP contribution in [0.3, 0.4) is 0 Å². The summed E-state index contributed by atoms with van der Waals surface area (Å²) in [5.41, 5.74) is 0. The molecule has 1 atom stereocenters. The van der Waals surface area contributed by atoms with Crippen molar-refractivity contribution in [1.29, 1.82) is 0 Å². The van der Waals surface area contributed by atoms with Crippen molar-refractivity contribution in [1.82, 2.24) is 25.1 Å². The van der Waals surface area contributed by atoms with E-state index in [9.17, 15) is 4.79 Å². The van der Waals surface area contributed by atoms with E-state index in [1.807, 2.05) is 4.68 Å². The van der Waals surface area contributed by atoms with Gasteiger partial charge in [0.1, 0.15) is 0 Å². The van der Waals surface area contributed by atoms with Gasteiger partial charge in [0.15, 0.2) is 5.82 Å². The Morgan fingerprint density at radius 1 is 1.24 bits per heavy atom. The second kappa shape index (κ2) is 8.10. The minimum absolute atomic E-state index is 0.113. The number of rotatable bonds is 7. The van der Waals surface area contributed by atoms with Gasteiger partial charge < -0.3 is 4.90 Å². The number of aryl methyl sites for hydroxylation is 2. The van der Waals surface area contributed by atoms with Crippen LogP contribution in [0, 0.1) is 5.92 Å². The highest BCUT2D eigenvalue weighted by molar-refractivity contribution is 5.78. The highest BCUT2D eigenvalue weighted by atomic mass is 16.2. The smallest absolute Gasteiger partial charge is 0.225 e. The Kier molecular flexibility index (Phi) is 6.14. The van der Waals surface area contributed by atoms with Gasteiger partial charge in [-0.2, -0.15) is 0 Å². The summed E-state index contributed by atoms with van der Waals surface area (Å²) in [6.45, 7) is 6.90. The molecule has 0 aromatic carbocycles. The Morgan fingerprint density at radius 2 is 1.95 bits per heavy atom. The number of unbranched alkanes of at least 4 members (excludes halogenated alkanes) is 2. The lowest BCUT2D eigenvalue weighted by atomic mass is 9.98. The maximum atomic E-state index is 12.8. The van der Waals surface area contributed by atoms with Crippen LogP contribution in [0.2, 0.25) is 0 Å². The maximum absolute atomic E-state index is 12.8. The summed E-state index contributed by atoms with van der Waals surface area (Å²) >= 11 is 0. The first-order valence-electron chi connectivity index (χ1n) is 8.30. The van der Waals surface area contributed by atoms with Crippen molar-refractivity contribution in [2.24, 2.45) is 5.92 Å². The lowest BCUT2D eigenvalue weighted by Gasteiger charge is -2.26. The van der Waals surface area contributed by atoms with Crippen LogP contribution in [0.15, 0.2) is 0 Å². The molecular formula is C15H27N5O. The largest absolute Gasteiger partial charge is 0.342 e. The molecule has 1 aromatic rings. The van der Waals surface area contributed by atoms with Gasteiger partial charge in [-0.15, -0.1) is 5.10 Å². The Balaban J connectivity index is 1.94. The van der Waals surface area contributed by atoms with Crippen molar-refractivity contribution in [3.63, 3.8) is 0 Å². The molecule has 1 aromatic heterocycles. The highest BCUT2D eigenvalue weighted by Crippen LogP contribution is 2.21. The van der Waals surface area contributed by atoms with Gasteiger partial charge in [-0.1, -0.05) is 26.7 Å². The Morgan fingerprint density at radius 3 is 2.62 bits per heavy atom. The first kappa shape index (κ1) is 15.9. The summed E-state index contributed by atoms with van der Waals surface area (Å²) in [6.07, 6.45) is 6.97. The van der Waals surface area contributed by atoms with Crippen LogP contribution in [0.1, 0.15) is 58.2 Å². The van der Waals surface area contributed by atoms with E-state index in [4.69, 9.17) is 0 Å². The molecule has 0 saturated heterocycles. The SMILES string of the molecule is CCCCN(CCCC)C(=O)[C@@H]1CCc2nnnn2CC1. The van der Waals surface area contributed by atoms with Crippen LogP contribution < -0.4 is 0 Å². The molecule has 0 radical (unpaired) electrons. The summed E-state index contributed by atoms with van der Waals surface area (Å²) < 4.78 is 1.84. The number of amides is 1. The number of carbonyl (C=O) groups excluding carboxylic acids is 1. The van der Waals surface area contributed by atoms with Gasteiger partial charge in [0.2, 0.25) is 5.91 Å². The quantitative estimate of drug-likeness (QED) is 0.772. The molecule has 2 heterocycles. The predicted molar refractivity (Wildman–Crippen MR) is 80.6 cm³/mol. The van der Waals surface area contributed by atoms with Crippen LogP contribution in [-0.4, -0.2) is 44.1 Å². The summed E-state index contributed by atoms with van der Waals surface area (Å²) in [4.78, 5) is 14.9. The minimum Gasteiger partial charge on any atom is -0.342 e. The zero-order valence-corrected chi connectivity index (χ0v) is 13.3. The van der Waals surface area contributed by atoms with Crippen LogP contribution in [-0.2, 0) is 17.8 Å². The van der Waals surface area contributed by atoms with Gasteiger partial charge >= 0.3 is 0 Å². The van der Waals surface area contributed by atoms with E-state index in [-0.39, 0.29) is 5.92 Å². The molecule has 0 N–H and O–H groups in total. The maximum Gasteiger partial charge on any atom is 0.225 e. The van der Waals surface area contributed by atoms with Crippen molar-refractivity contribution in [3.8, 4) is 0 Å². The first-order valence-corrected chi connectivity index (χ1v) is 8.30. The normalized spacial score (nSPS) is 18.1. The monoisotopic (exact) mass is 293 g/mol. The lowest BCUT2D eigenvalue weighted by molar-refractivity contribution is -0.136. The number of carbonyl (C=O) groups is 1. The number of tetrazole rings is 1. The molecule has 0 aliphatic carbocycles. The molecule has 1 aliphatic rings. The summed E-state index contributed by atoms with van der Waals surface area (Å²) in [5.74, 6) is 1.36. The molecule has 0 bridgehead atoms. The molecule has 1 amide bonds. The third-order valence-corrected chi connectivity index (χ3v) is 4.24. The summed E-state index contributed by atoms with van der Waals surface area (Å²) in [7, 11) is 0. The predicted octanol–water partition coefficient (Wildman–Crippen LogP) is 2.05. The van der Waals surface area contributed by atoms with Crippen LogP contribution in [0.25, 0.3) is 0 Å². The van der Waals surface area contributed by atoms with E-state index < -0.39 is 0 Å². The van der Waals surface area contributed by atoms with Crippen molar-refractivity contribution >= 4 is 5.91 Å². The average Bonchev–Trinajstić information content (AvgIpc) is 2.85. The Labute approximate surface area is 126 Å².